The lowest BCUT2D eigenvalue weighted by Gasteiger charge is -2.36. The monoisotopic (exact) mass is 295 g/mol. The van der Waals surface area contributed by atoms with Crippen LogP contribution in [-0.4, -0.2) is 29.5 Å². The summed E-state index contributed by atoms with van der Waals surface area (Å²) >= 11 is 0. The first kappa shape index (κ1) is 15.2. The highest BCUT2D eigenvalue weighted by molar-refractivity contribution is 5.24. The maximum absolute atomic E-state index is 4.14. The molecule has 1 aromatic carbocycles. The summed E-state index contributed by atoms with van der Waals surface area (Å²) in [7, 11) is 0. The Morgan fingerprint density at radius 2 is 2.00 bits per heavy atom. The molecule has 22 heavy (non-hydrogen) atoms. The van der Waals surface area contributed by atoms with Gasteiger partial charge in [0.1, 0.15) is 0 Å². The van der Waals surface area contributed by atoms with Gasteiger partial charge in [-0.15, -0.1) is 0 Å². The standard InChI is InChI=1S/C19H25N3/c1-2-4-16-5-3-6-17(13-16)15-22-12-11-21-14-19(22)18-7-9-20-10-8-18/h3,5-10,13,19,21H,2,4,11-12,14-15H2,1H3. The first-order chi connectivity index (χ1) is 10.9. The van der Waals surface area contributed by atoms with Crippen LogP contribution in [0.15, 0.2) is 48.8 Å². The van der Waals surface area contributed by atoms with E-state index in [4.69, 9.17) is 0 Å². The van der Waals surface area contributed by atoms with Crippen molar-refractivity contribution in [3.8, 4) is 0 Å². The van der Waals surface area contributed by atoms with Gasteiger partial charge in [0, 0.05) is 44.6 Å². The van der Waals surface area contributed by atoms with Gasteiger partial charge < -0.3 is 5.32 Å². The number of nitrogens with one attached hydrogen (secondary N) is 1. The summed E-state index contributed by atoms with van der Waals surface area (Å²) in [6.07, 6.45) is 6.16. The van der Waals surface area contributed by atoms with Gasteiger partial charge in [-0.3, -0.25) is 9.88 Å². The number of aryl methyl sites for hydroxylation is 1. The molecule has 3 nitrogen and oxygen atoms in total. The lowest BCUT2D eigenvalue weighted by atomic mass is 10.0. The highest BCUT2D eigenvalue weighted by Crippen LogP contribution is 2.24. The second kappa shape index (κ2) is 7.52. The van der Waals surface area contributed by atoms with Crippen LogP contribution in [0.2, 0.25) is 0 Å². The summed E-state index contributed by atoms with van der Waals surface area (Å²) < 4.78 is 0. The van der Waals surface area contributed by atoms with Crippen LogP contribution in [0, 0.1) is 0 Å². The van der Waals surface area contributed by atoms with Crippen LogP contribution in [0.5, 0.6) is 0 Å². The van der Waals surface area contributed by atoms with Crippen LogP contribution in [0.1, 0.15) is 36.1 Å². The van der Waals surface area contributed by atoms with Crippen LogP contribution in [0.3, 0.4) is 0 Å². The number of hydrogen-bond acceptors (Lipinski definition) is 3. The lowest BCUT2D eigenvalue weighted by molar-refractivity contribution is 0.153. The second-order valence-corrected chi connectivity index (χ2v) is 6.04. The fraction of sp³-hybridized carbons (Fsp3) is 0.421. The molecule has 3 rings (SSSR count). The summed E-state index contributed by atoms with van der Waals surface area (Å²) in [5.74, 6) is 0. The van der Waals surface area contributed by atoms with E-state index in [9.17, 15) is 0 Å². The molecule has 3 heteroatoms. The van der Waals surface area contributed by atoms with Crippen molar-refractivity contribution in [1.82, 2.24) is 15.2 Å². The molecule has 1 saturated heterocycles. The Bertz CT molecular complexity index is 582. The van der Waals surface area contributed by atoms with Crippen LogP contribution in [0.25, 0.3) is 0 Å². The van der Waals surface area contributed by atoms with E-state index in [2.05, 4.69) is 58.5 Å². The molecule has 2 aromatic rings. The Kier molecular flexibility index (Phi) is 5.20. The number of nitrogens with zero attached hydrogens (tertiary/aromatic N) is 2. The van der Waals surface area contributed by atoms with Crippen molar-refractivity contribution in [2.75, 3.05) is 19.6 Å². The highest BCUT2D eigenvalue weighted by Gasteiger charge is 2.23. The third-order valence-electron chi connectivity index (χ3n) is 4.36. The average Bonchev–Trinajstić information content (AvgIpc) is 2.57. The maximum Gasteiger partial charge on any atom is 0.0477 e. The predicted octanol–water partition coefficient (Wildman–Crippen LogP) is 3.18. The van der Waals surface area contributed by atoms with Gasteiger partial charge in [-0.1, -0.05) is 37.6 Å². The summed E-state index contributed by atoms with van der Waals surface area (Å²) in [6.45, 7) is 6.43. The zero-order valence-electron chi connectivity index (χ0n) is 13.3. The minimum absolute atomic E-state index is 0.437. The number of pyridine rings is 1. The average molecular weight is 295 g/mol. The molecule has 1 unspecified atom stereocenters. The summed E-state index contributed by atoms with van der Waals surface area (Å²) in [5, 5.41) is 3.52. The van der Waals surface area contributed by atoms with Crippen molar-refractivity contribution in [1.29, 1.82) is 0 Å². The molecule has 0 spiro atoms. The molecular formula is C19H25N3. The molecule has 0 bridgehead atoms. The Morgan fingerprint density at radius 1 is 1.18 bits per heavy atom. The van der Waals surface area contributed by atoms with Gasteiger partial charge in [0.05, 0.1) is 0 Å². The van der Waals surface area contributed by atoms with E-state index < -0.39 is 0 Å². The van der Waals surface area contributed by atoms with Gasteiger partial charge in [-0.25, -0.2) is 0 Å². The zero-order chi connectivity index (χ0) is 15.2. The molecule has 1 atom stereocenters. The van der Waals surface area contributed by atoms with Crippen LogP contribution in [0.4, 0.5) is 0 Å². The number of aromatic nitrogens is 1. The largest absolute Gasteiger partial charge is 0.314 e. The molecule has 0 aliphatic carbocycles. The molecule has 0 amide bonds. The maximum atomic E-state index is 4.14. The van der Waals surface area contributed by atoms with E-state index in [1.807, 2.05) is 12.4 Å². The van der Waals surface area contributed by atoms with Crippen LogP contribution >= 0.6 is 0 Å². The third-order valence-corrected chi connectivity index (χ3v) is 4.36. The number of piperazine rings is 1. The molecule has 1 aliphatic rings. The van der Waals surface area contributed by atoms with Gasteiger partial charge in [0.15, 0.2) is 0 Å². The van der Waals surface area contributed by atoms with E-state index in [-0.39, 0.29) is 0 Å². The second-order valence-electron chi connectivity index (χ2n) is 6.04. The molecule has 116 valence electrons. The molecular weight excluding hydrogens is 270 g/mol. The van der Waals surface area contributed by atoms with E-state index in [0.717, 1.165) is 26.2 Å². The Labute approximate surface area is 133 Å². The van der Waals surface area contributed by atoms with Crippen molar-refractivity contribution < 1.29 is 0 Å². The van der Waals surface area contributed by atoms with E-state index in [0.29, 0.717) is 6.04 Å². The minimum atomic E-state index is 0.437. The quantitative estimate of drug-likeness (QED) is 0.918. The van der Waals surface area contributed by atoms with Gasteiger partial charge in [-0.05, 0) is 35.2 Å². The van der Waals surface area contributed by atoms with Crippen LogP contribution in [-0.2, 0) is 13.0 Å². The third kappa shape index (κ3) is 3.73. The fourth-order valence-electron chi connectivity index (χ4n) is 3.26. The highest BCUT2D eigenvalue weighted by atomic mass is 15.2. The summed E-state index contributed by atoms with van der Waals surface area (Å²) in [4.78, 5) is 6.72. The lowest BCUT2D eigenvalue weighted by Crippen LogP contribution is -2.45. The van der Waals surface area contributed by atoms with Gasteiger partial charge in [-0.2, -0.15) is 0 Å². The van der Waals surface area contributed by atoms with Gasteiger partial charge in [0.25, 0.3) is 0 Å². The van der Waals surface area contributed by atoms with E-state index in [1.54, 1.807) is 0 Å². The van der Waals surface area contributed by atoms with Gasteiger partial charge >= 0.3 is 0 Å². The molecule has 2 heterocycles. The predicted molar refractivity (Wildman–Crippen MR) is 90.7 cm³/mol. The normalized spacial score (nSPS) is 19.2. The summed E-state index contributed by atoms with van der Waals surface area (Å²) in [6, 6.07) is 13.8. The van der Waals surface area contributed by atoms with Crippen LogP contribution < -0.4 is 5.32 Å². The minimum Gasteiger partial charge on any atom is -0.314 e. The molecule has 1 N–H and O–H groups in total. The Morgan fingerprint density at radius 3 is 2.82 bits per heavy atom. The molecule has 1 aromatic heterocycles. The van der Waals surface area contributed by atoms with E-state index >= 15 is 0 Å². The molecule has 0 saturated carbocycles. The topological polar surface area (TPSA) is 28.2 Å². The smallest absolute Gasteiger partial charge is 0.0477 e. The number of hydrogen-bond donors (Lipinski definition) is 1. The number of rotatable bonds is 5. The van der Waals surface area contributed by atoms with Crippen molar-refractivity contribution in [3.63, 3.8) is 0 Å². The van der Waals surface area contributed by atoms with Crippen molar-refractivity contribution in [3.05, 3.63) is 65.5 Å². The fourth-order valence-corrected chi connectivity index (χ4v) is 3.26. The van der Waals surface area contributed by atoms with Crippen molar-refractivity contribution in [2.24, 2.45) is 0 Å². The SMILES string of the molecule is CCCc1cccc(CN2CCNCC2c2ccncc2)c1. The Hall–Kier alpha value is -1.71. The molecule has 0 radical (unpaired) electrons. The molecule has 1 aliphatic heterocycles. The van der Waals surface area contributed by atoms with Crippen molar-refractivity contribution >= 4 is 0 Å². The van der Waals surface area contributed by atoms with E-state index in [1.165, 1.54) is 29.5 Å². The summed E-state index contributed by atoms with van der Waals surface area (Å²) in [5.41, 5.74) is 4.23. The number of benzene rings is 1. The van der Waals surface area contributed by atoms with Gasteiger partial charge in [0.2, 0.25) is 0 Å². The first-order valence-corrected chi connectivity index (χ1v) is 8.29. The first-order valence-electron chi connectivity index (χ1n) is 8.29. The van der Waals surface area contributed by atoms with Crippen molar-refractivity contribution in [2.45, 2.75) is 32.4 Å². The zero-order valence-corrected chi connectivity index (χ0v) is 13.3. The molecule has 1 fully saturated rings. The Balaban J connectivity index is 1.75.